The lowest BCUT2D eigenvalue weighted by Gasteiger charge is -2.14. The molecule has 1 aromatic carbocycles. The van der Waals surface area contributed by atoms with Gasteiger partial charge in [0, 0.05) is 6.54 Å². The molecule has 1 aliphatic heterocycles. The highest BCUT2D eigenvalue weighted by molar-refractivity contribution is 7.89. The predicted octanol–water partition coefficient (Wildman–Crippen LogP) is 0.675. The summed E-state index contributed by atoms with van der Waals surface area (Å²) in [4.78, 5) is 12.2. The Morgan fingerprint density at radius 2 is 2.15 bits per heavy atom. The predicted molar refractivity (Wildman–Crippen MR) is 77.0 cm³/mol. The average molecular weight is 297 g/mol. The first-order valence-corrected chi connectivity index (χ1v) is 8.16. The van der Waals surface area contributed by atoms with Gasteiger partial charge in [-0.25, -0.2) is 13.1 Å². The van der Waals surface area contributed by atoms with Crippen LogP contribution >= 0.6 is 0 Å². The monoisotopic (exact) mass is 297 g/mol. The van der Waals surface area contributed by atoms with Crippen LogP contribution in [0.15, 0.2) is 29.2 Å². The van der Waals surface area contributed by atoms with Crippen molar-refractivity contribution in [3.63, 3.8) is 0 Å². The minimum atomic E-state index is -3.60. The number of para-hydroxylation sites is 1. The molecule has 1 unspecified atom stereocenters. The van der Waals surface area contributed by atoms with Crippen LogP contribution in [0, 0.1) is 0 Å². The molecule has 0 radical (unpaired) electrons. The first-order chi connectivity index (χ1) is 9.54. The fourth-order valence-electron chi connectivity index (χ4n) is 2.20. The highest BCUT2D eigenvalue weighted by Crippen LogP contribution is 2.21. The molecule has 0 aromatic heterocycles. The second kappa shape index (κ2) is 6.34. The van der Waals surface area contributed by atoms with E-state index in [-0.39, 0.29) is 16.8 Å². The number of carbonyl (C=O) groups is 1. The summed E-state index contributed by atoms with van der Waals surface area (Å²) in [5.41, 5.74) is 0.312. The van der Waals surface area contributed by atoms with Gasteiger partial charge < -0.3 is 10.6 Å². The van der Waals surface area contributed by atoms with Gasteiger partial charge in [0.25, 0.3) is 0 Å². The van der Waals surface area contributed by atoms with Gasteiger partial charge in [0.05, 0.1) is 11.7 Å². The first kappa shape index (κ1) is 15.0. The molecular weight excluding hydrogens is 278 g/mol. The maximum Gasteiger partial charge on any atom is 0.242 e. The first-order valence-electron chi connectivity index (χ1n) is 6.67. The molecule has 110 valence electrons. The van der Waals surface area contributed by atoms with E-state index in [9.17, 15) is 13.2 Å². The number of sulfonamides is 1. The van der Waals surface area contributed by atoms with Gasteiger partial charge in [0.15, 0.2) is 0 Å². The van der Waals surface area contributed by atoms with E-state index < -0.39 is 10.0 Å². The van der Waals surface area contributed by atoms with E-state index in [0.29, 0.717) is 12.2 Å². The topological polar surface area (TPSA) is 87.3 Å². The minimum Gasteiger partial charge on any atom is -0.324 e. The van der Waals surface area contributed by atoms with Crippen LogP contribution in [0.3, 0.4) is 0 Å². The van der Waals surface area contributed by atoms with Crippen molar-refractivity contribution in [3.05, 3.63) is 24.3 Å². The summed E-state index contributed by atoms with van der Waals surface area (Å²) in [6.07, 6.45) is 1.73. The number of nitrogens with one attached hydrogen (secondary N) is 3. The summed E-state index contributed by atoms with van der Waals surface area (Å²) in [6.45, 7) is 2.82. The van der Waals surface area contributed by atoms with Crippen LogP contribution in [-0.2, 0) is 14.8 Å². The maximum absolute atomic E-state index is 12.1. The molecule has 0 aliphatic carbocycles. The Morgan fingerprint density at radius 3 is 2.80 bits per heavy atom. The molecule has 0 bridgehead atoms. The van der Waals surface area contributed by atoms with Gasteiger partial charge in [-0.1, -0.05) is 19.1 Å². The lowest BCUT2D eigenvalue weighted by Crippen LogP contribution is -2.36. The van der Waals surface area contributed by atoms with E-state index >= 15 is 0 Å². The zero-order chi connectivity index (χ0) is 14.6. The van der Waals surface area contributed by atoms with Gasteiger partial charge >= 0.3 is 0 Å². The van der Waals surface area contributed by atoms with Gasteiger partial charge in [-0.2, -0.15) is 0 Å². The van der Waals surface area contributed by atoms with Crippen LogP contribution in [0.5, 0.6) is 0 Å². The van der Waals surface area contributed by atoms with Crippen LogP contribution in [0.4, 0.5) is 5.69 Å². The molecule has 2 rings (SSSR count). The van der Waals surface area contributed by atoms with Crippen molar-refractivity contribution < 1.29 is 13.2 Å². The van der Waals surface area contributed by atoms with Crippen molar-refractivity contribution in [1.82, 2.24) is 10.0 Å². The molecule has 6 nitrogen and oxygen atoms in total. The van der Waals surface area contributed by atoms with E-state index in [1.165, 1.54) is 6.07 Å². The van der Waals surface area contributed by atoms with Crippen molar-refractivity contribution in [2.75, 3.05) is 18.4 Å². The Morgan fingerprint density at radius 1 is 1.40 bits per heavy atom. The highest BCUT2D eigenvalue weighted by Gasteiger charge is 2.24. The van der Waals surface area contributed by atoms with Gasteiger partial charge in [0.2, 0.25) is 15.9 Å². The van der Waals surface area contributed by atoms with Crippen molar-refractivity contribution in [2.45, 2.75) is 30.7 Å². The molecular formula is C13H19N3O3S. The molecule has 1 fully saturated rings. The van der Waals surface area contributed by atoms with Gasteiger partial charge in [-0.3, -0.25) is 4.79 Å². The molecule has 1 heterocycles. The minimum absolute atomic E-state index is 0.0909. The van der Waals surface area contributed by atoms with Crippen molar-refractivity contribution in [2.24, 2.45) is 0 Å². The summed E-state index contributed by atoms with van der Waals surface area (Å²) < 4.78 is 26.6. The third kappa shape index (κ3) is 3.36. The van der Waals surface area contributed by atoms with E-state index in [2.05, 4.69) is 15.4 Å². The van der Waals surface area contributed by atoms with Crippen LogP contribution in [0.25, 0.3) is 0 Å². The fourth-order valence-corrected chi connectivity index (χ4v) is 3.40. The number of rotatable bonds is 5. The molecule has 0 spiro atoms. The number of benzene rings is 1. The van der Waals surface area contributed by atoms with E-state index in [1.807, 2.05) is 0 Å². The molecule has 0 saturated carbocycles. The lowest BCUT2D eigenvalue weighted by atomic mass is 10.2. The number of carbonyl (C=O) groups excluding carboxylic acids is 1. The quantitative estimate of drug-likeness (QED) is 0.745. The van der Waals surface area contributed by atoms with Crippen molar-refractivity contribution in [1.29, 1.82) is 0 Å². The number of amides is 1. The zero-order valence-corrected chi connectivity index (χ0v) is 12.2. The second-order valence-electron chi connectivity index (χ2n) is 4.64. The molecule has 1 aromatic rings. The summed E-state index contributed by atoms with van der Waals surface area (Å²) in [5.74, 6) is -0.193. The van der Waals surface area contributed by atoms with Gasteiger partial charge in [0.1, 0.15) is 4.90 Å². The van der Waals surface area contributed by atoms with E-state index in [4.69, 9.17) is 0 Å². The normalized spacial score (nSPS) is 18.9. The molecule has 1 aliphatic rings. The van der Waals surface area contributed by atoms with Crippen LogP contribution in [0.1, 0.15) is 19.8 Å². The largest absolute Gasteiger partial charge is 0.324 e. The van der Waals surface area contributed by atoms with Crippen LogP contribution in [0.2, 0.25) is 0 Å². The Bertz CT molecular complexity index is 580. The number of anilines is 1. The Kier molecular flexibility index (Phi) is 4.74. The van der Waals surface area contributed by atoms with Crippen LogP contribution < -0.4 is 15.4 Å². The molecule has 1 saturated heterocycles. The SMILES string of the molecule is CCNS(=O)(=O)c1ccccc1NC(=O)C1CCCN1. The smallest absolute Gasteiger partial charge is 0.242 e. The third-order valence-electron chi connectivity index (χ3n) is 3.15. The summed E-state index contributed by atoms with van der Waals surface area (Å²) >= 11 is 0. The average Bonchev–Trinajstić information content (AvgIpc) is 2.93. The Balaban J connectivity index is 2.22. The van der Waals surface area contributed by atoms with Crippen LogP contribution in [-0.4, -0.2) is 33.5 Å². The van der Waals surface area contributed by atoms with Gasteiger partial charge in [-0.15, -0.1) is 0 Å². The fraction of sp³-hybridized carbons (Fsp3) is 0.462. The molecule has 1 amide bonds. The molecule has 7 heteroatoms. The van der Waals surface area contributed by atoms with E-state index in [1.54, 1.807) is 25.1 Å². The standard InChI is InChI=1S/C13H19N3O3S/c1-2-15-20(18,19)12-8-4-3-6-10(12)16-13(17)11-7-5-9-14-11/h3-4,6,8,11,14-15H,2,5,7,9H2,1H3,(H,16,17). The summed E-state index contributed by atoms with van der Waals surface area (Å²) in [7, 11) is -3.60. The maximum atomic E-state index is 12.1. The van der Waals surface area contributed by atoms with Crippen molar-refractivity contribution >= 4 is 21.6 Å². The summed E-state index contributed by atoms with van der Waals surface area (Å²) in [5, 5.41) is 5.78. The number of hydrogen-bond acceptors (Lipinski definition) is 4. The molecule has 20 heavy (non-hydrogen) atoms. The Hall–Kier alpha value is -1.44. The highest BCUT2D eigenvalue weighted by atomic mass is 32.2. The van der Waals surface area contributed by atoms with Crippen molar-refractivity contribution in [3.8, 4) is 0 Å². The third-order valence-corrected chi connectivity index (χ3v) is 4.75. The van der Waals surface area contributed by atoms with E-state index in [0.717, 1.165) is 19.4 Å². The van der Waals surface area contributed by atoms with Gasteiger partial charge in [-0.05, 0) is 31.5 Å². The number of hydrogen-bond donors (Lipinski definition) is 3. The molecule has 1 atom stereocenters. The second-order valence-corrected chi connectivity index (χ2v) is 6.37. The summed E-state index contributed by atoms with van der Waals surface area (Å²) in [6, 6.07) is 6.16. The lowest BCUT2D eigenvalue weighted by molar-refractivity contribution is -0.117. The Labute approximate surface area is 119 Å². The molecule has 3 N–H and O–H groups in total. The zero-order valence-electron chi connectivity index (χ0n) is 11.3.